The number of carbonyl (C=O) groups is 1. The lowest BCUT2D eigenvalue weighted by Crippen LogP contribution is -1.97. The molecule has 2 N–H and O–H groups in total. The summed E-state index contributed by atoms with van der Waals surface area (Å²) >= 11 is 0. The molecule has 1 aromatic carbocycles. The number of aromatic nitrogens is 3. The van der Waals surface area contributed by atoms with Crippen molar-refractivity contribution in [2.45, 2.75) is 6.92 Å². The third kappa shape index (κ3) is 2.93. The van der Waals surface area contributed by atoms with Crippen molar-refractivity contribution in [3.05, 3.63) is 54.0 Å². The number of aromatic carboxylic acids is 1. The Balaban J connectivity index is 1.82. The van der Waals surface area contributed by atoms with Gasteiger partial charge in [-0.05, 0) is 43.3 Å². The molecule has 0 amide bonds. The first-order chi connectivity index (χ1) is 10.6. The summed E-state index contributed by atoms with van der Waals surface area (Å²) in [6.07, 6.45) is 1.63. The minimum atomic E-state index is -0.960. The molecule has 0 fully saturated rings. The van der Waals surface area contributed by atoms with Gasteiger partial charge in [0.15, 0.2) is 5.82 Å². The quantitative estimate of drug-likeness (QED) is 0.763. The van der Waals surface area contributed by atoms with E-state index in [2.05, 4.69) is 20.4 Å². The Bertz CT molecular complexity index is 812. The Kier molecular flexibility index (Phi) is 3.53. The number of rotatable bonds is 4. The van der Waals surface area contributed by atoms with Crippen molar-refractivity contribution in [3.8, 4) is 11.5 Å². The Morgan fingerprint density at radius 1 is 1.23 bits per heavy atom. The van der Waals surface area contributed by atoms with Crippen molar-refractivity contribution in [2.75, 3.05) is 5.32 Å². The molecule has 0 saturated heterocycles. The van der Waals surface area contributed by atoms with E-state index in [4.69, 9.17) is 9.63 Å². The van der Waals surface area contributed by atoms with Crippen LogP contribution in [0.15, 0.2) is 47.1 Å². The highest BCUT2D eigenvalue weighted by Crippen LogP contribution is 2.21. The third-order valence-electron chi connectivity index (χ3n) is 2.94. The summed E-state index contributed by atoms with van der Waals surface area (Å²) in [7, 11) is 0. The summed E-state index contributed by atoms with van der Waals surface area (Å²) < 4.78 is 5.12. The normalized spacial score (nSPS) is 10.4. The SMILES string of the molecule is Cc1noc(-c2ccnc(Nc3ccc(C(=O)O)cc3)c2)n1. The van der Waals surface area contributed by atoms with Crippen LogP contribution in [0.1, 0.15) is 16.2 Å². The zero-order valence-electron chi connectivity index (χ0n) is 11.6. The third-order valence-corrected chi connectivity index (χ3v) is 2.94. The molecule has 7 heteroatoms. The number of anilines is 2. The molecule has 0 bridgehead atoms. The van der Waals surface area contributed by atoms with Gasteiger partial charge in [0.05, 0.1) is 5.56 Å². The van der Waals surface area contributed by atoms with Crippen LogP contribution in [0.2, 0.25) is 0 Å². The van der Waals surface area contributed by atoms with E-state index < -0.39 is 5.97 Å². The van der Waals surface area contributed by atoms with Crippen molar-refractivity contribution >= 4 is 17.5 Å². The number of nitrogens with zero attached hydrogens (tertiary/aromatic N) is 3. The van der Waals surface area contributed by atoms with Gasteiger partial charge in [0.25, 0.3) is 5.89 Å². The van der Waals surface area contributed by atoms with E-state index in [1.165, 1.54) is 12.1 Å². The van der Waals surface area contributed by atoms with Gasteiger partial charge >= 0.3 is 5.97 Å². The number of hydrogen-bond donors (Lipinski definition) is 2. The molecule has 0 radical (unpaired) electrons. The predicted molar refractivity (Wildman–Crippen MR) is 79.0 cm³/mol. The minimum absolute atomic E-state index is 0.230. The van der Waals surface area contributed by atoms with Gasteiger partial charge in [0.2, 0.25) is 0 Å². The monoisotopic (exact) mass is 296 g/mol. The Labute approximate surface area is 125 Å². The van der Waals surface area contributed by atoms with Gasteiger partial charge in [-0.3, -0.25) is 0 Å². The number of hydrogen-bond acceptors (Lipinski definition) is 6. The van der Waals surface area contributed by atoms with Gasteiger partial charge < -0.3 is 14.9 Å². The van der Waals surface area contributed by atoms with Crippen LogP contribution in [0.5, 0.6) is 0 Å². The Morgan fingerprint density at radius 3 is 2.64 bits per heavy atom. The largest absolute Gasteiger partial charge is 0.478 e. The standard InChI is InChI=1S/C15H12N4O3/c1-9-17-14(22-19-9)11-6-7-16-13(8-11)18-12-4-2-10(3-5-12)15(20)21/h2-8H,1H3,(H,16,18)(H,20,21). The zero-order chi connectivity index (χ0) is 15.5. The fraction of sp³-hybridized carbons (Fsp3) is 0.0667. The van der Waals surface area contributed by atoms with Gasteiger partial charge in [-0.2, -0.15) is 4.98 Å². The summed E-state index contributed by atoms with van der Waals surface area (Å²) in [5.41, 5.74) is 1.71. The molecule has 0 saturated carbocycles. The molecule has 7 nitrogen and oxygen atoms in total. The van der Waals surface area contributed by atoms with Crippen LogP contribution < -0.4 is 5.32 Å². The zero-order valence-corrected chi connectivity index (χ0v) is 11.6. The number of aryl methyl sites for hydroxylation is 1. The number of carboxylic acids is 1. The first-order valence-corrected chi connectivity index (χ1v) is 6.49. The summed E-state index contributed by atoms with van der Waals surface area (Å²) in [6.45, 7) is 1.75. The molecular formula is C15H12N4O3. The molecule has 22 heavy (non-hydrogen) atoms. The van der Waals surface area contributed by atoms with Gasteiger partial charge in [0, 0.05) is 17.4 Å². The van der Waals surface area contributed by atoms with E-state index >= 15 is 0 Å². The topological polar surface area (TPSA) is 101 Å². The Hall–Kier alpha value is -3.22. The van der Waals surface area contributed by atoms with Crippen molar-refractivity contribution < 1.29 is 14.4 Å². The number of carboxylic acid groups (broad SMARTS) is 1. The average Bonchev–Trinajstić information content (AvgIpc) is 2.95. The first-order valence-electron chi connectivity index (χ1n) is 6.49. The summed E-state index contributed by atoms with van der Waals surface area (Å²) in [6, 6.07) is 9.94. The van der Waals surface area contributed by atoms with Crippen LogP contribution in [0, 0.1) is 6.92 Å². The lowest BCUT2D eigenvalue weighted by atomic mass is 10.2. The van der Waals surface area contributed by atoms with Crippen molar-refractivity contribution in [1.82, 2.24) is 15.1 Å². The molecule has 0 aliphatic heterocycles. The molecule has 2 aromatic heterocycles. The van der Waals surface area contributed by atoms with Gasteiger partial charge in [-0.1, -0.05) is 5.16 Å². The van der Waals surface area contributed by atoms with Crippen molar-refractivity contribution in [1.29, 1.82) is 0 Å². The molecular weight excluding hydrogens is 284 g/mol. The van der Waals surface area contributed by atoms with E-state index in [1.54, 1.807) is 37.4 Å². The van der Waals surface area contributed by atoms with Crippen LogP contribution in [-0.2, 0) is 0 Å². The van der Waals surface area contributed by atoms with E-state index in [-0.39, 0.29) is 5.56 Å². The van der Waals surface area contributed by atoms with Crippen LogP contribution in [0.25, 0.3) is 11.5 Å². The van der Waals surface area contributed by atoms with E-state index in [1.807, 2.05) is 0 Å². The highest BCUT2D eigenvalue weighted by atomic mass is 16.5. The fourth-order valence-electron chi connectivity index (χ4n) is 1.89. The second-order valence-electron chi connectivity index (χ2n) is 4.58. The maximum absolute atomic E-state index is 10.8. The smallest absolute Gasteiger partial charge is 0.335 e. The van der Waals surface area contributed by atoms with E-state index in [0.717, 1.165) is 11.3 Å². The second-order valence-corrected chi connectivity index (χ2v) is 4.58. The van der Waals surface area contributed by atoms with Crippen molar-refractivity contribution in [2.24, 2.45) is 0 Å². The molecule has 3 rings (SSSR count). The minimum Gasteiger partial charge on any atom is -0.478 e. The highest BCUT2D eigenvalue weighted by molar-refractivity contribution is 5.88. The first kappa shape index (κ1) is 13.7. The Morgan fingerprint density at radius 2 is 2.00 bits per heavy atom. The molecule has 0 aliphatic carbocycles. The lowest BCUT2D eigenvalue weighted by Gasteiger charge is -2.06. The molecule has 0 unspecified atom stereocenters. The average molecular weight is 296 g/mol. The summed E-state index contributed by atoms with van der Waals surface area (Å²) in [4.78, 5) is 19.2. The van der Waals surface area contributed by atoms with E-state index in [0.29, 0.717) is 17.5 Å². The van der Waals surface area contributed by atoms with Crippen LogP contribution in [0.4, 0.5) is 11.5 Å². The summed E-state index contributed by atoms with van der Waals surface area (Å²) in [5, 5.41) is 15.7. The number of nitrogens with one attached hydrogen (secondary N) is 1. The molecule has 3 aromatic rings. The summed E-state index contributed by atoms with van der Waals surface area (Å²) in [5.74, 6) is 0.615. The van der Waals surface area contributed by atoms with Crippen LogP contribution in [-0.4, -0.2) is 26.2 Å². The van der Waals surface area contributed by atoms with Crippen LogP contribution >= 0.6 is 0 Å². The second kappa shape index (κ2) is 5.65. The van der Waals surface area contributed by atoms with E-state index in [9.17, 15) is 4.79 Å². The molecule has 0 atom stereocenters. The highest BCUT2D eigenvalue weighted by Gasteiger charge is 2.08. The lowest BCUT2D eigenvalue weighted by molar-refractivity contribution is 0.0697. The van der Waals surface area contributed by atoms with Crippen molar-refractivity contribution in [3.63, 3.8) is 0 Å². The maximum Gasteiger partial charge on any atom is 0.335 e. The predicted octanol–water partition coefficient (Wildman–Crippen LogP) is 2.88. The van der Waals surface area contributed by atoms with Gasteiger partial charge in [0.1, 0.15) is 5.82 Å². The maximum atomic E-state index is 10.8. The molecule has 0 spiro atoms. The van der Waals surface area contributed by atoms with Gasteiger partial charge in [-0.25, -0.2) is 9.78 Å². The fourth-order valence-corrected chi connectivity index (χ4v) is 1.89. The molecule has 2 heterocycles. The number of benzene rings is 1. The molecule has 0 aliphatic rings. The molecule has 110 valence electrons. The van der Waals surface area contributed by atoms with Crippen LogP contribution in [0.3, 0.4) is 0 Å². The number of pyridine rings is 1. The van der Waals surface area contributed by atoms with Gasteiger partial charge in [-0.15, -0.1) is 0 Å².